The molecular formula is C15H18ClFN4O. The Hall–Kier alpha value is -1.92. The molecule has 1 aliphatic rings. The number of fused-ring (bicyclic) bond motifs is 1. The number of carbonyl (C=O) groups excluding carboxylic acids is 1. The van der Waals surface area contributed by atoms with Crippen LogP contribution in [0.15, 0.2) is 24.3 Å². The quantitative estimate of drug-likeness (QED) is 0.800. The van der Waals surface area contributed by atoms with E-state index in [0.717, 1.165) is 29.8 Å². The Morgan fingerprint density at radius 2 is 2.27 bits per heavy atom. The SMILES string of the molecule is Cl.O=C(NCCc1cccc(F)c1)c1n[nH]c2c1CNCC2. The molecule has 5 nitrogen and oxygen atoms in total. The third kappa shape index (κ3) is 3.64. The number of aromatic amines is 1. The number of rotatable bonds is 4. The van der Waals surface area contributed by atoms with Crippen LogP contribution in [0.3, 0.4) is 0 Å². The molecule has 0 spiro atoms. The van der Waals surface area contributed by atoms with E-state index in [4.69, 9.17) is 0 Å². The topological polar surface area (TPSA) is 69.8 Å². The van der Waals surface area contributed by atoms with Crippen molar-refractivity contribution in [1.82, 2.24) is 20.8 Å². The van der Waals surface area contributed by atoms with Crippen LogP contribution in [0, 0.1) is 5.82 Å². The summed E-state index contributed by atoms with van der Waals surface area (Å²) in [5.74, 6) is -0.445. The predicted molar refractivity (Wildman–Crippen MR) is 83.7 cm³/mol. The van der Waals surface area contributed by atoms with E-state index >= 15 is 0 Å². The Morgan fingerprint density at radius 3 is 3.09 bits per heavy atom. The molecule has 2 aromatic rings. The molecule has 118 valence electrons. The van der Waals surface area contributed by atoms with Crippen LogP contribution in [0.25, 0.3) is 0 Å². The Morgan fingerprint density at radius 1 is 1.41 bits per heavy atom. The Bertz CT molecular complexity index is 659. The molecule has 1 aliphatic heterocycles. The highest BCUT2D eigenvalue weighted by atomic mass is 35.5. The van der Waals surface area contributed by atoms with Crippen LogP contribution in [0.4, 0.5) is 4.39 Å². The van der Waals surface area contributed by atoms with Crippen molar-refractivity contribution in [3.8, 4) is 0 Å². The van der Waals surface area contributed by atoms with Gasteiger partial charge in [-0.25, -0.2) is 4.39 Å². The van der Waals surface area contributed by atoms with Crippen LogP contribution in [-0.4, -0.2) is 29.2 Å². The van der Waals surface area contributed by atoms with E-state index in [1.54, 1.807) is 6.07 Å². The largest absolute Gasteiger partial charge is 0.350 e. The summed E-state index contributed by atoms with van der Waals surface area (Å²) in [6, 6.07) is 6.40. The fourth-order valence-corrected chi connectivity index (χ4v) is 2.51. The van der Waals surface area contributed by atoms with Gasteiger partial charge in [-0.2, -0.15) is 5.10 Å². The highest BCUT2D eigenvalue weighted by Gasteiger charge is 2.21. The Kier molecular flexibility index (Phi) is 5.51. The lowest BCUT2D eigenvalue weighted by Crippen LogP contribution is -2.29. The van der Waals surface area contributed by atoms with E-state index in [1.807, 2.05) is 6.07 Å². The number of hydrogen-bond acceptors (Lipinski definition) is 3. The van der Waals surface area contributed by atoms with Crippen LogP contribution in [0.1, 0.15) is 27.3 Å². The smallest absolute Gasteiger partial charge is 0.272 e. The van der Waals surface area contributed by atoms with Gasteiger partial charge in [0.05, 0.1) is 0 Å². The summed E-state index contributed by atoms with van der Waals surface area (Å²) < 4.78 is 13.1. The number of halogens is 2. The van der Waals surface area contributed by atoms with Crippen molar-refractivity contribution >= 4 is 18.3 Å². The maximum atomic E-state index is 13.1. The summed E-state index contributed by atoms with van der Waals surface area (Å²) in [5.41, 5.74) is 3.30. The van der Waals surface area contributed by atoms with E-state index in [9.17, 15) is 9.18 Å². The van der Waals surface area contributed by atoms with Crippen LogP contribution < -0.4 is 10.6 Å². The van der Waals surface area contributed by atoms with Crippen LogP contribution in [0.2, 0.25) is 0 Å². The summed E-state index contributed by atoms with van der Waals surface area (Å²) in [6.07, 6.45) is 1.45. The number of nitrogens with one attached hydrogen (secondary N) is 3. The highest BCUT2D eigenvalue weighted by molar-refractivity contribution is 5.94. The summed E-state index contributed by atoms with van der Waals surface area (Å²) in [7, 11) is 0. The van der Waals surface area contributed by atoms with Crippen LogP contribution in [0.5, 0.6) is 0 Å². The lowest BCUT2D eigenvalue weighted by Gasteiger charge is -2.12. The molecule has 0 bridgehead atoms. The van der Waals surface area contributed by atoms with Gasteiger partial charge in [0.1, 0.15) is 5.82 Å². The molecular weight excluding hydrogens is 307 g/mol. The van der Waals surface area contributed by atoms with Crippen molar-refractivity contribution in [2.75, 3.05) is 13.1 Å². The van der Waals surface area contributed by atoms with Gasteiger partial charge in [0.15, 0.2) is 5.69 Å². The standard InChI is InChI=1S/C15H17FN4O.ClH/c16-11-3-1-2-10(8-11)4-7-18-15(21)14-12-9-17-6-5-13(12)19-20-14;/h1-3,8,17H,4-7,9H2,(H,18,21)(H,19,20);1H. The summed E-state index contributed by atoms with van der Waals surface area (Å²) in [4.78, 5) is 12.1. The fourth-order valence-electron chi connectivity index (χ4n) is 2.51. The van der Waals surface area contributed by atoms with Gasteiger partial charge < -0.3 is 10.6 Å². The number of amides is 1. The first-order chi connectivity index (χ1) is 10.2. The third-order valence-corrected chi connectivity index (χ3v) is 3.61. The van der Waals surface area contributed by atoms with Gasteiger partial charge >= 0.3 is 0 Å². The molecule has 1 aromatic carbocycles. The number of H-pyrrole nitrogens is 1. The minimum atomic E-state index is -0.258. The maximum absolute atomic E-state index is 13.1. The van der Waals surface area contributed by atoms with E-state index in [1.165, 1.54) is 12.1 Å². The normalized spacial score (nSPS) is 13.1. The number of hydrogen-bond donors (Lipinski definition) is 3. The molecule has 0 fully saturated rings. The molecule has 0 unspecified atom stereocenters. The molecule has 0 radical (unpaired) electrons. The zero-order valence-electron chi connectivity index (χ0n) is 12.0. The van der Waals surface area contributed by atoms with Crippen molar-refractivity contribution in [2.45, 2.75) is 19.4 Å². The summed E-state index contributed by atoms with van der Waals surface area (Å²) >= 11 is 0. The van der Waals surface area contributed by atoms with Gasteiger partial charge in [-0.3, -0.25) is 9.89 Å². The maximum Gasteiger partial charge on any atom is 0.272 e. The zero-order chi connectivity index (χ0) is 14.7. The molecule has 2 heterocycles. The first-order valence-corrected chi connectivity index (χ1v) is 7.03. The minimum Gasteiger partial charge on any atom is -0.350 e. The van der Waals surface area contributed by atoms with Crippen LogP contribution in [-0.2, 0) is 19.4 Å². The third-order valence-electron chi connectivity index (χ3n) is 3.61. The first kappa shape index (κ1) is 16.5. The average Bonchev–Trinajstić information content (AvgIpc) is 2.91. The lowest BCUT2D eigenvalue weighted by molar-refractivity contribution is 0.0948. The molecule has 0 saturated heterocycles. The molecule has 0 saturated carbocycles. The number of aromatic nitrogens is 2. The second kappa shape index (κ2) is 7.38. The van der Waals surface area contributed by atoms with Crippen molar-refractivity contribution in [1.29, 1.82) is 0 Å². The van der Waals surface area contributed by atoms with Crippen molar-refractivity contribution < 1.29 is 9.18 Å². The molecule has 7 heteroatoms. The van der Waals surface area contributed by atoms with Gasteiger partial charge in [-0.05, 0) is 24.1 Å². The molecule has 3 rings (SSSR count). The number of carbonyl (C=O) groups is 1. The molecule has 22 heavy (non-hydrogen) atoms. The Balaban J connectivity index is 0.00000176. The molecule has 0 atom stereocenters. The second-order valence-corrected chi connectivity index (χ2v) is 5.09. The van der Waals surface area contributed by atoms with Crippen molar-refractivity contribution in [3.05, 3.63) is 52.6 Å². The molecule has 0 aliphatic carbocycles. The first-order valence-electron chi connectivity index (χ1n) is 7.03. The van der Waals surface area contributed by atoms with Gasteiger partial charge in [0.2, 0.25) is 0 Å². The van der Waals surface area contributed by atoms with Crippen molar-refractivity contribution in [2.24, 2.45) is 0 Å². The van der Waals surface area contributed by atoms with Crippen molar-refractivity contribution in [3.63, 3.8) is 0 Å². The lowest BCUT2D eigenvalue weighted by atomic mass is 10.1. The molecule has 3 N–H and O–H groups in total. The average molecular weight is 325 g/mol. The monoisotopic (exact) mass is 324 g/mol. The predicted octanol–water partition coefficient (Wildman–Crippen LogP) is 1.59. The molecule has 1 amide bonds. The van der Waals surface area contributed by atoms with Gasteiger partial charge in [0, 0.05) is 37.3 Å². The van der Waals surface area contributed by atoms with Gasteiger partial charge in [0.25, 0.3) is 5.91 Å². The molecule has 1 aromatic heterocycles. The minimum absolute atomic E-state index is 0. The van der Waals surface area contributed by atoms with E-state index in [-0.39, 0.29) is 24.1 Å². The van der Waals surface area contributed by atoms with Gasteiger partial charge in [-0.15, -0.1) is 12.4 Å². The van der Waals surface area contributed by atoms with Crippen LogP contribution >= 0.6 is 12.4 Å². The van der Waals surface area contributed by atoms with E-state index in [0.29, 0.717) is 25.2 Å². The summed E-state index contributed by atoms with van der Waals surface area (Å²) in [6.45, 7) is 2.02. The fraction of sp³-hybridized carbons (Fsp3) is 0.333. The number of nitrogens with zero attached hydrogens (tertiary/aromatic N) is 1. The Labute approximate surface area is 134 Å². The van der Waals surface area contributed by atoms with E-state index in [2.05, 4.69) is 20.8 Å². The summed E-state index contributed by atoms with van der Waals surface area (Å²) in [5, 5.41) is 13.1. The van der Waals surface area contributed by atoms with Gasteiger partial charge in [-0.1, -0.05) is 12.1 Å². The highest BCUT2D eigenvalue weighted by Crippen LogP contribution is 2.15. The number of benzene rings is 1. The zero-order valence-corrected chi connectivity index (χ0v) is 12.8. The second-order valence-electron chi connectivity index (χ2n) is 5.09. The van der Waals surface area contributed by atoms with E-state index < -0.39 is 0 Å².